The molecule has 0 aliphatic carbocycles. The molecule has 2 fully saturated rings. The average Bonchev–Trinajstić information content (AvgIpc) is 3.27. The molecule has 1 atom stereocenters. The van der Waals surface area contributed by atoms with E-state index in [1.807, 2.05) is 52.3 Å². The lowest BCUT2D eigenvalue weighted by Crippen LogP contribution is -2.51. The number of carbonyl (C=O) groups is 2. The zero-order valence-electron chi connectivity index (χ0n) is 20.4. The molecule has 0 bridgehead atoms. The lowest BCUT2D eigenvalue weighted by molar-refractivity contribution is -0.128. The van der Waals surface area contributed by atoms with Crippen molar-refractivity contribution in [3.05, 3.63) is 48.0 Å². The second-order valence-electron chi connectivity index (χ2n) is 8.32. The highest BCUT2D eigenvalue weighted by Gasteiger charge is 2.33. The lowest BCUT2D eigenvalue weighted by atomic mass is 10.1. The highest BCUT2D eigenvalue weighted by Crippen LogP contribution is 2.41. The number of thioether (sulfide) groups is 1. The molecule has 0 spiro atoms. The molecule has 2 aromatic carbocycles. The minimum absolute atomic E-state index is 0.0461. The van der Waals surface area contributed by atoms with Crippen LogP contribution in [0.3, 0.4) is 0 Å². The first-order chi connectivity index (χ1) is 17.0. The largest absolute Gasteiger partial charge is 0.495 e. The number of carbonyl (C=O) groups excluding carboxylic acids is 2. The lowest BCUT2D eigenvalue weighted by Gasteiger charge is -2.36. The Balaban J connectivity index is 1.30. The average molecular weight is 501 g/mol. The van der Waals surface area contributed by atoms with Gasteiger partial charge in [0.05, 0.1) is 32.8 Å². The van der Waals surface area contributed by atoms with E-state index in [4.69, 9.17) is 14.2 Å². The van der Waals surface area contributed by atoms with Crippen LogP contribution in [0.5, 0.6) is 17.2 Å². The first-order valence-electron chi connectivity index (χ1n) is 11.6. The molecule has 0 saturated carbocycles. The van der Waals surface area contributed by atoms with Crippen molar-refractivity contribution >= 4 is 29.4 Å². The molecule has 35 heavy (non-hydrogen) atoms. The van der Waals surface area contributed by atoms with E-state index in [1.54, 1.807) is 33.1 Å². The molecule has 2 aliphatic rings. The first-order valence-corrected chi connectivity index (χ1v) is 12.6. The highest BCUT2D eigenvalue weighted by molar-refractivity contribution is 8.00. The number of anilines is 1. The predicted octanol–water partition coefficient (Wildman–Crippen LogP) is 3.14. The van der Waals surface area contributed by atoms with E-state index in [1.165, 1.54) is 0 Å². The van der Waals surface area contributed by atoms with Gasteiger partial charge in [-0.05, 0) is 29.8 Å². The zero-order chi connectivity index (χ0) is 24.8. The van der Waals surface area contributed by atoms with Gasteiger partial charge in [-0.1, -0.05) is 18.2 Å². The van der Waals surface area contributed by atoms with Crippen molar-refractivity contribution in [1.29, 1.82) is 0 Å². The van der Waals surface area contributed by atoms with E-state index in [-0.39, 0.29) is 17.3 Å². The van der Waals surface area contributed by atoms with Gasteiger partial charge >= 0.3 is 6.03 Å². The molecular weight excluding hydrogens is 468 g/mol. The second-order valence-corrected chi connectivity index (χ2v) is 9.39. The molecule has 2 saturated heterocycles. The molecule has 9 nitrogen and oxygen atoms in total. The van der Waals surface area contributed by atoms with Gasteiger partial charge in [-0.25, -0.2) is 4.79 Å². The van der Waals surface area contributed by atoms with Crippen LogP contribution in [0.1, 0.15) is 10.9 Å². The molecule has 2 heterocycles. The van der Waals surface area contributed by atoms with Crippen molar-refractivity contribution in [2.45, 2.75) is 5.37 Å². The van der Waals surface area contributed by atoms with E-state index in [0.29, 0.717) is 48.3 Å². The molecular formula is C25H32N4O5S. The number of para-hydroxylation sites is 2. The number of rotatable bonds is 8. The summed E-state index contributed by atoms with van der Waals surface area (Å²) in [6, 6.07) is 13.1. The summed E-state index contributed by atoms with van der Waals surface area (Å²) in [6.07, 6.45) is 0. The van der Waals surface area contributed by atoms with Crippen molar-refractivity contribution in [2.24, 2.45) is 0 Å². The molecule has 0 aromatic heterocycles. The summed E-state index contributed by atoms with van der Waals surface area (Å²) >= 11 is 1.63. The SMILES string of the molecule is COc1ccccc1NC(=O)N1CCN(CCN2C(=O)CSC2c2ccc(OC)c(OC)c2)CC1. The second kappa shape index (κ2) is 11.5. The predicted molar refractivity (Wildman–Crippen MR) is 136 cm³/mol. The molecule has 10 heteroatoms. The Hall–Kier alpha value is -3.11. The Morgan fingerprint density at radius 2 is 1.66 bits per heavy atom. The Kier molecular flexibility index (Phi) is 8.25. The Labute approximate surface area is 210 Å². The summed E-state index contributed by atoms with van der Waals surface area (Å²) in [5.74, 6) is 2.58. The Morgan fingerprint density at radius 1 is 0.943 bits per heavy atom. The number of methoxy groups -OCH3 is 3. The number of hydrogen-bond donors (Lipinski definition) is 1. The number of ether oxygens (including phenoxy) is 3. The van der Waals surface area contributed by atoms with Crippen LogP contribution < -0.4 is 19.5 Å². The normalized spacial score (nSPS) is 18.5. The van der Waals surface area contributed by atoms with Crippen LogP contribution in [0.2, 0.25) is 0 Å². The van der Waals surface area contributed by atoms with Crippen LogP contribution >= 0.6 is 11.8 Å². The maximum absolute atomic E-state index is 12.7. The molecule has 2 aliphatic heterocycles. The van der Waals surface area contributed by atoms with E-state index in [2.05, 4.69) is 10.2 Å². The molecule has 4 rings (SSSR count). The van der Waals surface area contributed by atoms with Gasteiger partial charge in [0.15, 0.2) is 11.5 Å². The monoisotopic (exact) mass is 500 g/mol. The van der Waals surface area contributed by atoms with Gasteiger partial charge in [0.1, 0.15) is 11.1 Å². The van der Waals surface area contributed by atoms with Crippen LogP contribution in [0.4, 0.5) is 10.5 Å². The van der Waals surface area contributed by atoms with Gasteiger partial charge < -0.3 is 29.3 Å². The maximum Gasteiger partial charge on any atom is 0.322 e. The Morgan fingerprint density at radius 3 is 2.37 bits per heavy atom. The fourth-order valence-corrected chi connectivity index (χ4v) is 5.55. The van der Waals surface area contributed by atoms with Gasteiger partial charge in [0.2, 0.25) is 5.91 Å². The number of nitrogens with one attached hydrogen (secondary N) is 1. The number of benzene rings is 2. The van der Waals surface area contributed by atoms with Crippen molar-refractivity contribution in [3.8, 4) is 17.2 Å². The molecule has 188 valence electrons. The van der Waals surface area contributed by atoms with Crippen molar-refractivity contribution < 1.29 is 23.8 Å². The van der Waals surface area contributed by atoms with Crippen molar-refractivity contribution in [3.63, 3.8) is 0 Å². The number of amides is 3. The fraction of sp³-hybridized carbons (Fsp3) is 0.440. The third kappa shape index (κ3) is 5.76. The quantitative estimate of drug-likeness (QED) is 0.596. The Bertz CT molecular complexity index is 1040. The van der Waals surface area contributed by atoms with Crippen molar-refractivity contribution in [1.82, 2.24) is 14.7 Å². The third-order valence-corrected chi connectivity index (χ3v) is 7.58. The summed E-state index contributed by atoms with van der Waals surface area (Å²) in [7, 11) is 4.81. The summed E-state index contributed by atoms with van der Waals surface area (Å²) in [5, 5.41) is 2.89. The summed E-state index contributed by atoms with van der Waals surface area (Å²) < 4.78 is 16.1. The van der Waals surface area contributed by atoms with Crippen LogP contribution in [-0.2, 0) is 4.79 Å². The standard InChI is InChI=1S/C25H32N4O5S/c1-32-20-7-5-4-6-19(20)26-25(31)28-13-10-27(11-14-28)12-15-29-23(30)17-35-24(29)18-8-9-21(33-2)22(16-18)34-3/h4-9,16,24H,10-15,17H2,1-3H3,(H,26,31). The third-order valence-electron chi connectivity index (χ3n) is 6.33. The van der Waals surface area contributed by atoms with Gasteiger partial charge in [-0.3, -0.25) is 9.69 Å². The maximum atomic E-state index is 12.7. The van der Waals surface area contributed by atoms with Gasteiger partial charge in [0.25, 0.3) is 0 Å². The highest BCUT2D eigenvalue weighted by atomic mass is 32.2. The van der Waals surface area contributed by atoms with Crippen LogP contribution in [0, 0.1) is 0 Å². The van der Waals surface area contributed by atoms with E-state index < -0.39 is 0 Å². The van der Waals surface area contributed by atoms with Gasteiger partial charge in [-0.2, -0.15) is 0 Å². The van der Waals surface area contributed by atoms with Crippen LogP contribution in [0.15, 0.2) is 42.5 Å². The molecule has 1 N–H and O–H groups in total. The zero-order valence-corrected chi connectivity index (χ0v) is 21.2. The number of hydrogen-bond acceptors (Lipinski definition) is 7. The molecule has 3 amide bonds. The smallest absolute Gasteiger partial charge is 0.322 e. The number of nitrogens with zero attached hydrogens (tertiary/aromatic N) is 3. The van der Waals surface area contributed by atoms with E-state index >= 15 is 0 Å². The van der Waals surface area contributed by atoms with Crippen LogP contribution in [-0.4, -0.2) is 93.0 Å². The molecule has 0 radical (unpaired) electrons. The molecule has 1 unspecified atom stereocenters. The fourth-order valence-electron chi connectivity index (χ4n) is 4.34. The van der Waals surface area contributed by atoms with E-state index in [9.17, 15) is 9.59 Å². The topological polar surface area (TPSA) is 83.6 Å². The number of urea groups is 1. The number of piperazine rings is 1. The summed E-state index contributed by atoms with van der Waals surface area (Å²) in [4.78, 5) is 31.4. The first kappa shape index (κ1) is 25.0. The summed E-state index contributed by atoms with van der Waals surface area (Å²) in [5.41, 5.74) is 1.69. The van der Waals surface area contributed by atoms with Crippen LogP contribution in [0.25, 0.3) is 0 Å². The van der Waals surface area contributed by atoms with Gasteiger partial charge in [-0.15, -0.1) is 11.8 Å². The minimum Gasteiger partial charge on any atom is -0.495 e. The molecule has 2 aromatic rings. The minimum atomic E-state index is -0.131. The van der Waals surface area contributed by atoms with Gasteiger partial charge in [0, 0.05) is 39.3 Å². The summed E-state index contributed by atoms with van der Waals surface area (Å²) in [6.45, 7) is 4.17. The van der Waals surface area contributed by atoms with E-state index in [0.717, 1.165) is 25.2 Å². The van der Waals surface area contributed by atoms with Crippen molar-refractivity contribution in [2.75, 3.05) is 71.7 Å².